The van der Waals surface area contributed by atoms with Gasteiger partial charge in [-0.05, 0) is 34.4 Å². The molecule has 0 saturated carbocycles. The Balaban J connectivity index is 3.46. The fourth-order valence-electron chi connectivity index (χ4n) is 0.775. The zero-order valence-corrected chi connectivity index (χ0v) is 7.26. The molecule has 0 radical (unpaired) electrons. The molecule has 0 bridgehead atoms. The van der Waals surface area contributed by atoms with E-state index in [0.29, 0.717) is 6.04 Å². The maximum absolute atomic E-state index is 8.50. The predicted molar refractivity (Wildman–Crippen MR) is 42.2 cm³/mol. The Hall–Kier alpha value is -0.120. The third-order valence-electron chi connectivity index (χ3n) is 1.80. The third kappa shape index (κ3) is 3.82. The van der Waals surface area contributed by atoms with Crippen LogP contribution in [0, 0.1) is 0 Å². The summed E-state index contributed by atoms with van der Waals surface area (Å²) in [6, 6.07) is 0.687. The molecule has 2 unspecified atom stereocenters. The summed E-state index contributed by atoms with van der Waals surface area (Å²) in [6.45, 7) is 4.09. The lowest BCUT2D eigenvalue weighted by Crippen LogP contribution is -2.33. The van der Waals surface area contributed by atoms with Crippen molar-refractivity contribution in [2.75, 3.05) is 14.1 Å². The number of hydrogen-bond acceptors (Lipinski definition) is 3. The minimum atomic E-state index is 0.178. The van der Waals surface area contributed by atoms with Crippen molar-refractivity contribution in [1.29, 1.82) is 0 Å². The standard InChI is InChI=1S/C7H18N2O/c1-6(8-10)5-7(2)9(3)4/h6-8,10H,5H2,1-4H3. The molecule has 0 fully saturated rings. The lowest BCUT2D eigenvalue weighted by atomic mass is 10.1. The van der Waals surface area contributed by atoms with E-state index in [-0.39, 0.29) is 6.04 Å². The molecule has 0 spiro atoms. The maximum Gasteiger partial charge on any atom is 0.0306 e. The molecule has 0 aliphatic carbocycles. The summed E-state index contributed by atoms with van der Waals surface area (Å²) in [7, 11) is 4.07. The van der Waals surface area contributed by atoms with Crippen LogP contribution < -0.4 is 5.48 Å². The van der Waals surface area contributed by atoms with E-state index in [4.69, 9.17) is 5.21 Å². The Morgan fingerprint density at radius 3 is 2.20 bits per heavy atom. The van der Waals surface area contributed by atoms with Crippen LogP contribution in [0.3, 0.4) is 0 Å². The van der Waals surface area contributed by atoms with Crippen LogP contribution >= 0.6 is 0 Å². The summed E-state index contributed by atoms with van der Waals surface area (Å²) in [5.74, 6) is 0. The minimum Gasteiger partial charge on any atom is -0.317 e. The second kappa shape index (κ2) is 4.66. The summed E-state index contributed by atoms with van der Waals surface area (Å²) >= 11 is 0. The first-order valence-electron chi connectivity index (χ1n) is 3.64. The Morgan fingerprint density at radius 2 is 1.90 bits per heavy atom. The van der Waals surface area contributed by atoms with Crippen molar-refractivity contribution in [3.63, 3.8) is 0 Å². The van der Waals surface area contributed by atoms with Crippen molar-refractivity contribution in [3.05, 3.63) is 0 Å². The van der Waals surface area contributed by atoms with Crippen molar-refractivity contribution in [3.8, 4) is 0 Å². The van der Waals surface area contributed by atoms with E-state index in [1.165, 1.54) is 0 Å². The summed E-state index contributed by atoms with van der Waals surface area (Å²) in [4.78, 5) is 2.13. The van der Waals surface area contributed by atoms with Gasteiger partial charge in [-0.2, -0.15) is 0 Å². The van der Waals surface area contributed by atoms with Gasteiger partial charge in [0.25, 0.3) is 0 Å². The van der Waals surface area contributed by atoms with Crippen molar-refractivity contribution in [1.82, 2.24) is 10.4 Å². The van der Waals surface area contributed by atoms with Gasteiger partial charge in [0.05, 0.1) is 0 Å². The predicted octanol–water partition coefficient (Wildman–Crippen LogP) is 0.694. The molecule has 0 aliphatic heterocycles. The van der Waals surface area contributed by atoms with Gasteiger partial charge in [-0.25, -0.2) is 5.48 Å². The summed E-state index contributed by atoms with van der Waals surface area (Å²) in [5, 5.41) is 8.50. The van der Waals surface area contributed by atoms with Crippen LogP contribution in [0.15, 0.2) is 0 Å². The number of hydroxylamine groups is 1. The molecule has 3 heteroatoms. The van der Waals surface area contributed by atoms with Gasteiger partial charge in [0.15, 0.2) is 0 Å². The SMILES string of the molecule is CC(CC(C)N(C)C)NO. The van der Waals surface area contributed by atoms with E-state index in [2.05, 4.69) is 17.3 Å². The molecule has 0 amide bonds. The molecule has 0 aromatic carbocycles. The molecule has 3 nitrogen and oxygen atoms in total. The highest BCUT2D eigenvalue weighted by Gasteiger charge is 2.08. The largest absolute Gasteiger partial charge is 0.317 e. The average Bonchev–Trinajstić information content (AvgIpc) is 1.87. The fraction of sp³-hybridized carbons (Fsp3) is 1.00. The molecule has 0 saturated heterocycles. The van der Waals surface area contributed by atoms with Gasteiger partial charge in [-0.1, -0.05) is 0 Å². The van der Waals surface area contributed by atoms with Gasteiger partial charge in [-0.3, -0.25) is 0 Å². The van der Waals surface area contributed by atoms with Crippen molar-refractivity contribution in [2.24, 2.45) is 0 Å². The van der Waals surface area contributed by atoms with Crippen molar-refractivity contribution in [2.45, 2.75) is 32.4 Å². The van der Waals surface area contributed by atoms with E-state index in [1.807, 2.05) is 21.0 Å². The number of nitrogens with one attached hydrogen (secondary N) is 1. The van der Waals surface area contributed by atoms with Gasteiger partial charge in [0.1, 0.15) is 0 Å². The Labute approximate surface area is 63.0 Å². The highest BCUT2D eigenvalue weighted by Crippen LogP contribution is 2.01. The van der Waals surface area contributed by atoms with Gasteiger partial charge in [-0.15, -0.1) is 0 Å². The molecule has 0 aliphatic rings. The zero-order chi connectivity index (χ0) is 8.15. The smallest absolute Gasteiger partial charge is 0.0306 e. The summed E-state index contributed by atoms with van der Waals surface area (Å²) in [5.41, 5.74) is 2.22. The van der Waals surface area contributed by atoms with E-state index in [0.717, 1.165) is 6.42 Å². The molecular formula is C7H18N2O. The molecule has 10 heavy (non-hydrogen) atoms. The first-order chi connectivity index (χ1) is 4.57. The van der Waals surface area contributed by atoms with Crippen molar-refractivity contribution < 1.29 is 5.21 Å². The number of nitrogens with zero attached hydrogens (tertiary/aromatic N) is 1. The quantitative estimate of drug-likeness (QED) is 0.573. The Kier molecular flexibility index (Phi) is 4.60. The molecule has 62 valence electrons. The second-order valence-electron chi connectivity index (χ2n) is 3.08. The second-order valence-corrected chi connectivity index (χ2v) is 3.08. The highest BCUT2D eigenvalue weighted by atomic mass is 16.5. The van der Waals surface area contributed by atoms with E-state index < -0.39 is 0 Å². The first-order valence-corrected chi connectivity index (χ1v) is 3.64. The van der Waals surface area contributed by atoms with Gasteiger partial charge >= 0.3 is 0 Å². The third-order valence-corrected chi connectivity index (χ3v) is 1.80. The van der Waals surface area contributed by atoms with Crippen LogP contribution in [0.4, 0.5) is 0 Å². The summed E-state index contributed by atoms with van der Waals surface area (Å²) < 4.78 is 0. The number of hydrogen-bond donors (Lipinski definition) is 2. The van der Waals surface area contributed by atoms with E-state index in [1.54, 1.807) is 0 Å². The topological polar surface area (TPSA) is 35.5 Å². The molecule has 2 atom stereocenters. The molecule has 0 heterocycles. The van der Waals surface area contributed by atoms with Gasteiger partial charge in [0, 0.05) is 12.1 Å². The normalized spacial score (nSPS) is 17.4. The van der Waals surface area contributed by atoms with Crippen LogP contribution in [0.1, 0.15) is 20.3 Å². The molecule has 0 aromatic rings. The number of rotatable bonds is 4. The summed E-state index contributed by atoms with van der Waals surface area (Å²) in [6.07, 6.45) is 0.962. The Morgan fingerprint density at radius 1 is 1.40 bits per heavy atom. The average molecular weight is 146 g/mol. The van der Waals surface area contributed by atoms with Gasteiger partial charge < -0.3 is 10.1 Å². The molecule has 0 aromatic heterocycles. The molecule has 2 N–H and O–H groups in total. The molecular weight excluding hydrogens is 128 g/mol. The van der Waals surface area contributed by atoms with Crippen LogP contribution in [0.5, 0.6) is 0 Å². The Bertz CT molecular complexity index is 85.7. The zero-order valence-electron chi connectivity index (χ0n) is 7.26. The van der Waals surface area contributed by atoms with Crippen LogP contribution in [-0.2, 0) is 0 Å². The van der Waals surface area contributed by atoms with Crippen molar-refractivity contribution >= 4 is 0 Å². The van der Waals surface area contributed by atoms with E-state index in [9.17, 15) is 0 Å². The lowest BCUT2D eigenvalue weighted by molar-refractivity contribution is 0.115. The van der Waals surface area contributed by atoms with Crippen LogP contribution in [-0.4, -0.2) is 36.3 Å². The lowest BCUT2D eigenvalue weighted by Gasteiger charge is -2.22. The van der Waals surface area contributed by atoms with Crippen LogP contribution in [0.25, 0.3) is 0 Å². The minimum absolute atomic E-state index is 0.178. The van der Waals surface area contributed by atoms with Crippen LogP contribution in [0.2, 0.25) is 0 Å². The van der Waals surface area contributed by atoms with Gasteiger partial charge in [0.2, 0.25) is 0 Å². The monoisotopic (exact) mass is 146 g/mol. The maximum atomic E-state index is 8.50. The fourth-order valence-corrected chi connectivity index (χ4v) is 0.775. The van der Waals surface area contributed by atoms with E-state index >= 15 is 0 Å². The highest BCUT2D eigenvalue weighted by molar-refractivity contribution is 4.65. The first kappa shape index (κ1) is 9.88. The molecule has 0 rings (SSSR count).